The van der Waals surface area contributed by atoms with Crippen LogP contribution in [0.1, 0.15) is 34.2 Å². The number of anilines is 2. The van der Waals surface area contributed by atoms with E-state index in [0.717, 1.165) is 28.9 Å². The van der Waals surface area contributed by atoms with E-state index in [9.17, 15) is 0 Å². The molecule has 4 N–H and O–H groups in total. The Kier molecular flexibility index (Phi) is 4.29. The molecular formula is C34H28N2. The summed E-state index contributed by atoms with van der Waals surface area (Å²) in [5.74, 6) is 0. The molecule has 1 aliphatic carbocycles. The molecule has 1 aliphatic rings. The fourth-order valence-electron chi connectivity index (χ4n) is 6.52. The lowest BCUT2D eigenvalue weighted by Gasteiger charge is -2.39. The predicted molar refractivity (Wildman–Crippen MR) is 154 cm³/mol. The van der Waals surface area contributed by atoms with Crippen molar-refractivity contribution in [3.63, 3.8) is 0 Å². The first-order chi connectivity index (χ1) is 17.5. The van der Waals surface area contributed by atoms with Crippen LogP contribution >= 0.6 is 0 Å². The van der Waals surface area contributed by atoms with E-state index in [1.165, 1.54) is 54.2 Å². The van der Waals surface area contributed by atoms with Crippen LogP contribution in [-0.4, -0.2) is 0 Å². The van der Waals surface area contributed by atoms with Gasteiger partial charge in [0.15, 0.2) is 0 Å². The molecule has 0 saturated carbocycles. The number of hydrogen-bond acceptors (Lipinski definition) is 2. The molecule has 2 nitrogen and oxygen atoms in total. The van der Waals surface area contributed by atoms with Crippen LogP contribution in [0.25, 0.3) is 38.4 Å². The summed E-state index contributed by atoms with van der Waals surface area (Å²) in [4.78, 5) is 0. The number of nitrogens with two attached hydrogens (primary N) is 2. The summed E-state index contributed by atoms with van der Waals surface area (Å²) in [6.07, 6.45) is 3.33. The Morgan fingerprint density at radius 2 is 1.17 bits per heavy atom. The Morgan fingerprint density at radius 1 is 0.611 bits per heavy atom. The molecule has 0 unspecified atom stereocenters. The molecule has 0 aromatic heterocycles. The third-order valence-electron chi connectivity index (χ3n) is 8.42. The summed E-state index contributed by atoms with van der Waals surface area (Å²) in [7, 11) is 0. The van der Waals surface area contributed by atoms with E-state index < -0.39 is 0 Å². The van der Waals surface area contributed by atoms with Crippen molar-refractivity contribution in [2.45, 2.75) is 25.7 Å². The third kappa shape index (κ3) is 2.67. The topological polar surface area (TPSA) is 52.0 Å². The first-order valence-corrected chi connectivity index (χ1v) is 12.6. The van der Waals surface area contributed by atoms with Crippen molar-refractivity contribution in [2.24, 2.45) is 0 Å². The molecule has 7 rings (SSSR count). The molecular weight excluding hydrogens is 436 g/mol. The van der Waals surface area contributed by atoms with Crippen LogP contribution in [0.3, 0.4) is 0 Å². The first kappa shape index (κ1) is 21.0. The molecule has 0 aliphatic heterocycles. The molecule has 0 amide bonds. The minimum atomic E-state index is -0.341. The minimum absolute atomic E-state index is 0.341. The molecule has 36 heavy (non-hydrogen) atoms. The van der Waals surface area contributed by atoms with E-state index in [-0.39, 0.29) is 5.41 Å². The number of aryl methyl sites for hydroxylation is 2. The highest BCUT2D eigenvalue weighted by atomic mass is 14.6. The van der Waals surface area contributed by atoms with Crippen molar-refractivity contribution in [2.75, 3.05) is 11.5 Å². The summed E-state index contributed by atoms with van der Waals surface area (Å²) >= 11 is 0. The van der Waals surface area contributed by atoms with Crippen LogP contribution in [-0.2, 0) is 5.41 Å². The number of rotatable bonds is 2. The van der Waals surface area contributed by atoms with E-state index in [4.69, 9.17) is 11.5 Å². The van der Waals surface area contributed by atoms with Gasteiger partial charge in [-0.3, -0.25) is 0 Å². The molecule has 174 valence electrons. The number of benzene rings is 6. The standard InChI is InChI=1S/C34H28N2/c1-20-18-23(12-14-30(20)35)34(24-13-15-31(36)21(2)19-24)17-16-28-26-9-4-7-22-6-3-8-25(32(22)26)27-10-5-11-29(34)33(27)28/h3-16,18-19H,17,35-36H2,1-2H3. The van der Waals surface area contributed by atoms with E-state index >= 15 is 0 Å². The van der Waals surface area contributed by atoms with Crippen molar-refractivity contribution in [3.8, 4) is 0 Å². The number of hydrogen-bond donors (Lipinski definition) is 2. The number of fused-ring (bicyclic) bond motifs is 2. The summed E-state index contributed by atoms with van der Waals surface area (Å²) in [6.45, 7) is 4.20. The van der Waals surface area contributed by atoms with Gasteiger partial charge in [-0.1, -0.05) is 84.9 Å². The van der Waals surface area contributed by atoms with Crippen LogP contribution in [0, 0.1) is 13.8 Å². The maximum absolute atomic E-state index is 6.28. The van der Waals surface area contributed by atoms with Crippen LogP contribution < -0.4 is 16.7 Å². The van der Waals surface area contributed by atoms with Crippen LogP contribution in [0.5, 0.6) is 0 Å². The maximum atomic E-state index is 6.28. The SMILES string of the molecule is Cc1cc(C2(c3ccc(N)c(C)c3)CC=c3c4cccc5cccc(c6cccc2c36)c54)ccc1N. The van der Waals surface area contributed by atoms with Gasteiger partial charge >= 0.3 is 0 Å². The smallest absolute Gasteiger partial charge is 0.0492 e. The second kappa shape index (κ2) is 7.35. The van der Waals surface area contributed by atoms with Crippen molar-refractivity contribution in [3.05, 3.63) is 124 Å². The first-order valence-electron chi connectivity index (χ1n) is 12.6. The van der Waals surface area contributed by atoms with Gasteiger partial charge in [-0.2, -0.15) is 0 Å². The molecule has 0 heterocycles. The van der Waals surface area contributed by atoms with Crippen LogP contribution in [0.2, 0.25) is 0 Å². The molecule has 6 aromatic rings. The van der Waals surface area contributed by atoms with Crippen LogP contribution in [0.15, 0.2) is 91.0 Å². The van der Waals surface area contributed by atoms with Gasteiger partial charge in [-0.15, -0.1) is 0 Å². The Hall–Kier alpha value is -4.30. The Balaban J connectivity index is 1.69. The average Bonchev–Trinajstić information content (AvgIpc) is 2.90. The number of nitrogen functional groups attached to an aromatic ring is 2. The van der Waals surface area contributed by atoms with Crippen molar-refractivity contribution in [1.29, 1.82) is 0 Å². The largest absolute Gasteiger partial charge is 0.399 e. The van der Waals surface area contributed by atoms with Gasteiger partial charge in [0.1, 0.15) is 0 Å². The summed E-state index contributed by atoms with van der Waals surface area (Å²) in [5.41, 5.74) is 20.0. The fourth-order valence-corrected chi connectivity index (χ4v) is 6.52. The quantitative estimate of drug-likeness (QED) is 0.162. The lowest BCUT2D eigenvalue weighted by molar-refractivity contribution is 0.643. The zero-order valence-corrected chi connectivity index (χ0v) is 20.6. The zero-order valence-electron chi connectivity index (χ0n) is 20.6. The van der Waals surface area contributed by atoms with Crippen molar-refractivity contribution >= 4 is 49.8 Å². The normalized spacial score (nSPS) is 14.4. The van der Waals surface area contributed by atoms with Crippen molar-refractivity contribution in [1.82, 2.24) is 0 Å². The molecule has 0 saturated heterocycles. The second-order valence-corrected chi connectivity index (χ2v) is 10.3. The van der Waals surface area contributed by atoms with Gasteiger partial charge in [-0.05, 0) is 97.8 Å². The Morgan fingerprint density at radius 3 is 1.78 bits per heavy atom. The van der Waals surface area contributed by atoms with E-state index in [1.807, 2.05) is 0 Å². The Labute approximate surface area is 210 Å². The molecule has 0 bridgehead atoms. The van der Waals surface area contributed by atoms with Gasteiger partial charge in [0.25, 0.3) is 0 Å². The second-order valence-electron chi connectivity index (χ2n) is 10.3. The summed E-state index contributed by atoms with van der Waals surface area (Å²) < 4.78 is 0. The highest BCUT2D eigenvalue weighted by Gasteiger charge is 2.39. The molecule has 0 fully saturated rings. The van der Waals surface area contributed by atoms with Gasteiger partial charge in [0.05, 0.1) is 0 Å². The molecule has 6 aromatic carbocycles. The van der Waals surface area contributed by atoms with E-state index in [0.29, 0.717) is 0 Å². The Bertz CT molecular complexity index is 1860. The third-order valence-corrected chi connectivity index (χ3v) is 8.42. The molecule has 2 heteroatoms. The van der Waals surface area contributed by atoms with Gasteiger partial charge in [0, 0.05) is 16.8 Å². The zero-order chi connectivity index (χ0) is 24.6. The molecule has 0 radical (unpaired) electrons. The monoisotopic (exact) mass is 464 g/mol. The molecule has 0 atom stereocenters. The maximum Gasteiger partial charge on any atom is 0.0492 e. The lowest BCUT2D eigenvalue weighted by Crippen LogP contribution is -2.34. The minimum Gasteiger partial charge on any atom is -0.399 e. The predicted octanol–water partition coefficient (Wildman–Crippen LogP) is 7.16. The van der Waals surface area contributed by atoms with E-state index in [2.05, 4.69) is 111 Å². The van der Waals surface area contributed by atoms with E-state index in [1.54, 1.807) is 0 Å². The summed E-state index contributed by atoms with van der Waals surface area (Å²) in [5, 5.41) is 9.30. The lowest BCUT2D eigenvalue weighted by atomic mass is 9.63. The fraction of sp³-hybridized carbons (Fsp3) is 0.118. The highest BCUT2D eigenvalue weighted by molar-refractivity contribution is 6.22. The van der Waals surface area contributed by atoms with Crippen LogP contribution in [0.4, 0.5) is 11.4 Å². The molecule has 0 spiro atoms. The highest BCUT2D eigenvalue weighted by Crippen LogP contribution is 2.48. The van der Waals surface area contributed by atoms with Crippen molar-refractivity contribution < 1.29 is 0 Å². The van der Waals surface area contributed by atoms with Gasteiger partial charge in [-0.25, -0.2) is 0 Å². The van der Waals surface area contributed by atoms with Gasteiger partial charge < -0.3 is 11.5 Å². The summed E-state index contributed by atoms with van der Waals surface area (Å²) in [6, 6.07) is 33.3. The average molecular weight is 465 g/mol. The van der Waals surface area contributed by atoms with Gasteiger partial charge in [0.2, 0.25) is 0 Å².